The summed E-state index contributed by atoms with van der Waals surface area (Å²) in [5, 5.41) is 4.35. The van der Waals surface area contributed by atoms with Gasteiger partial charge in [0.1, 0.15) is 5.75 Å². The molecule has 0 bridgehead atoms. The van der Waals surface area contributed by atoms with Gasteiger partial charge in [-0.2, -0.15) is 5.10 Å². The molecule has 2 aromatic rings. The van der Waals surface area contributed by atoms with Gasteiger partial charge in [-0.05, 0) is 26.0 Å². The number of hydrogen-bond donors (Lipinski definition) is 0. The van der Waals surface area contributed by atoms with Crippen molar-refractivity contribution >= 4 is 5.69 Å². The molecule has 1 aliphatic rings. The summed E-state index contributed by atoms with van der Waals surface area (Å²) in [5.41, 5.74) is 3.77. The summed E-state index contributed by atoms with van der Waals surface area (Å²) in [4.78, 5) is 4.96. The highest BCUT2D eigenvalue weighted by molar-refractivity contribution is 5.58. The van der Waals surface area contributed by atoms with Crippen molar-refractivity contribution in [3.8, 4) is 5.75 Å². The Labute approximate surface area is 138 Å². The first-order valence-electron chi connectivity index (χ1n) is 8.19. The van der Waals surface area contributed by atoms with Gasteiger partial charge in [-0.3, -0.25) is 9.58 Å². The lowest BCUT2D eigenvalue weighted by Gasteiger charge is -2.41. The number of anilines is 1. The highest BCUT2D eigenvalue weighted by atomic mass is 16.5. The molecule has 0 amide bonds. The van der Waals surface area contributed by atoms with Gasteiger partial charge < -0.3 is 9.64 Å². The van der Waals surface area contributed by atoms with E-state index in [2.05, 4.69) is 40.9 Å². The molecule has 1 aromatic heterocycles. The zero-order valence-electron chi connectivity index (χ0n) is 14.5. The predicted molar refractivity (Wildman–Crippen MR) is 93.0 cm³/mol. The molecular weight excluding hydrogens is 288 g/mol. The number of piperazine rings is 1. The number of rotatable bonds is 4. The number of ether oxygens (including phenoxy) is 1. The number of methoxy groups -OCH3 is 1. The van der Waals surface area contributed by atoms with E-state index in [1.807, 2.05) is 30.1 Å². The van der Waals surface area contributed by atoms with E-state index in [9.17, 15) is 0 Å². The Morgan fingerprint density at radius 1 is 1.26 bits per heavy atom. The van der Waals surface area contributed by atoms with Crippen LogP contribution in [0.25, 0.3) is 0 Å². The number of aryl methyl sites for hydroxylation is 1. The topological polar surface area (TPSA) is 33.5 Å². The van der Waals surface area contributed by atoms with Crippen molar-refractivity contribution in [1.29, 1.82) is 0 Å². The van der Waals surface area contributed by atoms with Gasteiger partial charge in [-0.15, -0.1) is 0 Å². The molecule has 124 valence electrons. The summed E-state index contributed by atoms with van der Waals surface area (Å²) in [6.07, 6.45) is 1.99. The Balaban J connectivity index is 1.69. The van der Waals surface area contributed by atoms with Crippen LogP contribution in [0.3, 0.4) is 0 Å². The normalized spacial score (nSPS) is 19.1. The van der Waals surface area contributed by atoms with Crippen molar-refractivity contribution in [2.45, 2.75) is 26.4 Å². The van der Waals surface area contributed by atoms with Gasteiger partial charge in [-0.25, -0.2) is 0 Å². The van der Waals surface area contributed by atoms with Gasteiger partial charge in [0.25, 0.3) is 0 Å². The van der Waals surface area contributed by atoms with Crippen LogP contribution in [0.5, 0.6) is 5.75 Å². The molecular formula is C18H26N4O. The Bertz CT molecular complexity index is 667. The number of aromatic nitrogens is 2. The van der Waals surface area contributed by atoms with Crippen LogP contribution in [0.2, 0.25) is 0 Å². The van der Waals surface area contributed by atoms with Crippen molar-refractivity contribution in [2.75, 3.05) is 31.6 Å². The van der Waals surface area contributed by atoms with Crippen LogP contribution in [0.4, 0.5) is 5.69 Å². The minimum atomic E-state index is 0.494. The lowest BCUT2D eigenvalue weighted by molar-refractivity contribution is 0.180. The van der Waals surface area contributed by atoms with E-state index in [-0.39, 0.29) is 0 Å². The molecule has 0 spiro atoms. The Morgan fingerprint density at radius 3 is 2.70 bits per heavy atom. The fourth-order valence-corrected chi connectivity index (χ4v) is 3.26. The Morgan fingerprint density at radius 2 is 2.04 bits per heavy atom. The zero-order chi connectivity index (χ0) is 16.4. The molecule has 0 radical (unpaired) electrons. The third-order valence-corrected chi connectivity index (χ3v) is 4.90. The van der Waals surface area contributed by atoms with E-state index in [1.54, 1.807) is 7.11 Å². The van der Waals surface area contributed by atoms with Crippen molar-refractivity contribution in [3.63, 3.8) is 0 Å². The first-order valence-corrected chi connectivity index (χ1v) is 8.19. The quantitative estimate of drug-likeness (QED) is 0.868. The van der Waals surface area contributed by atoms with Gasteiger partial charge >= 0.3 is 0 Å². The predicted octanol–water partition coefficient (Wildman–Crippen LogP) is 2.45. The van der Waals surface area contributed by atoms with Gasteiger partial charge in [-0.1, -0.05) is 12.1 Å². The van der Waals surface area contributed by atoms with Crippen molar-refractivity contribution in [2.24, 2.45) is 7.05 Å². The first kappa shape index (κ1) is 15.9. The van der Waals surface area contributed by atoms with Crippen LogP contribution in [-0.4, -0.2) is 47.5 Å². The highest BCUT2D eigenvalue weighted by Gasteiger charge is 2.26. The summed E-state index contributed by atoms with van der Waals surface area (Å²) < 4.78 is 7.46. The smallest absolute Gasteiger partial charge is 0.142 e. The zero-order valence-corrected chi connectivity index (χ0v) is 14.5. The average Bonchev–Trinajstić information content (AvgIpc) is 2.88. The average molecular weight is 314 g/mol. The van der Waals surface area contributed by atoms with Gasteiger partial charge in [0.05, 0.1) is 19.0 Å². The van der Waals surface area contributed by atoms with E-state index in [1.165, 1.54) is 16.9 Å². The maximum atomic E-state index is 5.51. The molecule has 0 unspecified atom stereocenters. The van der Waals surface area contributed by atoms with Crippen LogP contribution in [0.15, 0.2) is 30.5 Å². The van der Waals surface area contributed by atoms with Crippen LogP contribution in [-0.2, 0) is 13.6 Å². The number of para-hydroxylation sites is 2. The number of nitrogens with zero attached hydrogens (tertiary/aromatic N) is 4. The minimum absolute atomic E-state index is 0.494. The fraction of sp³-hybridized carbons (Fsp3) is 0.500. The Hall–Kier alpha value is -2.01. The molecule has 23 heavy (non-hydrogen) atoms. The molecule has 5 heteroatoms. The lowest BCUT2D eigenvalue weighted by atomic mass is 10.1. The van der Waals surface area contributed by atoms with Crippen molar-refractivity contribution in [3.05, 3.63) is 41.7 Å². The van der Waals surface area contributed by atoms with Crippen LogP contribution >= 0.6 is 0 Å². The standard InChI is InChI=1S/C18H26N4O/c1-14-12-22(17-7-5-6-8-18(17)23-4)10-9-21(14)13-16-11-19-20(3)15(16)2/h5-8,11,14H,9-10,12-13H2,1-4H3/t14-/m0/s1. The molecule has 5 nitrogen and oxygen atoms in total. The first-order chi connectivity index (χ1) is 11.1. The molecule has 1 atom stereocenters. The monoisotopic (exact) mass is 314 g/mol. The summed E-state index contributed by atoms with van der Waals surface area (Å²) in [7, 11) is 3.74. The van der Waals surface area contributed by atoms with Crippen LogP contribution in [0, 0.1) is 6.92 Å². The molecule has 0 saturated carbocycles. The summed E-state index contributed by atoms with van der Waals surface area (Å²) >= 11 is 0. The second kappa shape index (κ2) is 6.62. The van der Waals surface area contributed by atoms with Crippen LogP contribution < -0.4 is 9.64 Å². The second-order valence-corrected chi connectivity index (χ2v) is 6.32. The largest absolute Gasteiger partial charge is 0.495 e. The Kier molecular flexibility index (Phi) is 4.57. The van der Waals surface area contributed by atoms with Gasteiger partial charge in [0.2, 0.25) is 0 Å². The summed E-state index contributed by atoms with van der Waals surface area (Å²) in [6.45, 7) is 8.49. The minimum Gasteiger partial charge on any atom is -0.495 e. The van der Waals surface area contributed by atoms with E-state index >= 15 is 0 Å². The number of benzene rings is 1. The maximum Gasteiger partial charge on any atom is 0.142 e. The molecule has 2 heterocycles. The second-order valence-electron chi connectivity index (χ2n) is 6.32. The fourth-order valence-electron chi connectivity index (χ4n) is 3.26. The summed E-state index contributed by atoms with van der Waals surface area (Å²) in [6, 6.07) is 8.77. The number of hydrogen-bond acceptors (Lipinski definition) is 4. The van der Waals surface area contributed by atoms with E-state index in [0.717, 1.165) is 31.9 Å². The van der Waals surface area contributed by atoms with E-state index in [4.69, 9.17) is 4.74 Å². The van der Waals surface area contributed by atoms with E-state index < -0.39 is 0 Å². The molecule has 1 aliphatic heterocycles. The van der Waals surface area contributed by atoms with Gasteiger partial charge in [0, 0.05) is 50.5 Å². The molecule has 0 N–H and O–H groups in total. The molecule has 0 aliphatic carbocycles. The van der Waals surface area contributed by atoms with Crippen LogP contribution in [0.1, 0.15) is 18.2 Å². The molecule has 3 rings (SSSR count). The van der Waals surface area contributed by atoms with Crippen molar-refractivity contribution < 1.29 is 4.74 Å². The molecule has 1 saturated heterocycles. The maximum absolute atomic E-state index is 5.51. The van der Waals surface area contributed by atoms with E-state index in [0.29, 0.717) is 6.04 Å². The molecule has 1 fully saturated rings. The third-order valence-electron chi connectivity index (χ3n) is 4.90. The molecule has 1 aromatic carbocycles. The SMILES string of the molecule is COc1ccccc1N1CCN(Cc2cnn(C)c2C)[C@@H](C)C1. The van der Waals surface area contributed by atoms with Crippen molar-refractivity contribution in [1.82, 2.24) is 14.7 Å². The highest BCUT2D eigenvalue weighted by Crippen LogP contribution is 2.29. The lowest BCUT2D eigenvalue weighted by Crippen LogP contribution is -2.51. The van der Waals surface area contributed by atoms with Gasteiger partial charge in [0.15, 0.2) is 0 Å². The third kappa shape index (κ3) is 3.20. The summed E-state index contributed by atoms with van der Waals surface area (Å²) in [5.74, 6) is 0.955.